The summed E-state index contributed by atoms with van der Waals surface area (Å²) in [5, 5.41) is 4.14. The second-order valence-electron chi connectivity index (χ2n) is 3.80. The summed E-state index contributed by atoms with van der Waals surface area (Å²) >= 11 is 6.20. The van der Waals surface area contributed by atoms with Crippen LogP contribution in [0.5, 0.6) is 0 Å². The van der Waals surface area contributed by atoms with Crippen molar-refractivity contribution in [3.8, 4) is 0 Å². The van der Waals surface area contributed by atoms with Gasteiger partial charge in [-0.3, -0.25) is 4.98 Å². The fraction of sp³-hybridized carbons (Fsp3) is 0.214. The van der Waals surface area contributed by atoms with Gasteiger partial charge in [-0.2, -0.15) is 0 Å². The van der Waals surface area contributed by atoms with Crippen LogP contribution in [0.25, 0.3) is 0 Å². The monoisotopic (exact) mass is 246 g/mol. The van der Waals surface area contributed by atoms with Gasteiger partial charge in [0.25, 0.3) is 0 Å². The third-order valence-electron chi connectivity index (χ3n) is 2.66. The maximum atomic E-state index is 6.20. The number of rotatable bonds is 4. The second-order valence-corrected chi connectivity index (χ2v) is 4.21. The van der Waals surface area contributed by atoms with Crippen molar-refractivity contribution in [1.82, 2.24) is 10.3 Å². The van der Waals surface area contributed by atoms with Crippen LogP contribution >= 0.6 is 11.6 Å². The summed E-state index contributed by atoms with van der Waals surface area (Å²) in [6, 6.07) is 12.4. The number of nitrogens with zero attached hydrogens (tertiary/aromatic N) is 1. The molecule has 1 N–H and O–H groups in total. The molecule has 0 amide bonds. The molecule has 0 spiro atoms. The summed E-state index contributed by atoms with van der Waals surface area (Å²) in [7, 11) is 0. The minimum Gasteiger partial charge on any atom is -0.306 e. The molecule has 17 heavy (non-hydrogen) atoms. The maximum absolute atomic E-state index is 6.20. The molecule has 1 atom stereocenters. The molecule has 0 aliphatic carbocycles. The topological polar surface area (TPSA) is 24.9 Å². The van der Waals surface area contributed by atoms with Crippen molar-refractivity contribution in [1.29, 1.82) is 0 Å². The van der Waals surface area contributed by atoms with E-state index in [0.717, 1.165) is 12.1 Å². The molecule has 1 aromatic heterocycles. The summed E-state index contributed by atoms with van der Waals surface area (Å²) in [6.45, 7) is 2.98. The van der Waals surface area contributed by atoms with E-state index in [9.17, 15) is 0 Å². The summed E-state index contributed by atoms with van der Waals surface area (Å²) in [6.07, 6.45) is 3.46. The summed E-state index contributed by atoms with van der Waals surface area (Å²) < 4.78 is 0. The lowest BCUT2D eigenvalue weighted by Gasteiger charge is -2.19. The number of pyridine rings is 1. The van der Waals surface area contributed by atoms with Crippen LogP contribution in [0.15, 0.2) is 48.8 Å². The van der Waals surface area contributed by atoms with Gasteiger partial charge in [-0.15, -0.1) is 0 Å². The van der Waals surface area contributed by atoms with Crippen LogP contribution in [-0.2, 0) is 0 Å². The number of hydrogen-bond acceptors (Lipinski definition) is 2. The van der Waals surface area contributed by atoms with Crippen LogP contribution in [0.1, 0.15) is 24.1 Å². The van der Waals surface area contributed by atoms with Gasteiger partial charge in [0, 0.05) is 12.4 Å². The quantitative estimate of drug-likeness (QED) is 0.894. The molecule has 1 aromatic carbocycles. The third kappa shape index (κ3) is 2.84. The van der Waals surface area contributed by atoms with Gasteiger partial charge in [-0.05, 0) is 23.7 Å². The average Bonchev–Trinajstić information content (AvgIpc) is 2.38. The van der Waals surface area contributed by atoms with Crippen LogP contribution in [0.2, 0.25) is 5.02 Å². The normalized spacial score (nSPS) is 12.4. The summed E-state index contributed by atoms with van der Waals surface area (Å²) in [5.74, 6) is 0. The molecule has 2 aromatic rings. The first-order chi connectivity index (χ1) is 8.33. The van der Waals surface area contributed by atoms with Gasteiger partial charge < -0.3 is 5.32 Å². The number of halogens is 1. The van der Waals surface area contributed by atoms with Gasteiger partial charge in [0.15, 0.2) is 0 Å². The lowest BCUT2D eigenvalue weighted by Crippen LogP contribution is -2.22. The Kier molecular flexibility index (Phi) is 4.13. The fourth-order valence-electron chi connectivity index (χ4n) is 1.88. The van der Waals surface area contributed by atoms with E-state index in [-0.39, 0.29) is 6.04 Å². The predicted molar refractivity (Wildman–Crippen MR) is 71.2 cm³/mol. The Labute approximate surface area is 107 Å². The van der Waals surface area contributed by atoms with Gasteiger partial charge in [0.2, 0.25) is 0 Å². The molecule has 88 valence electrons. The number of hydrogen-bond donors (Lipinski definition) is 1. The Morgan fingerprint density at radius 2 is 2.00 bits per heavy atom. The fourth-order valence-corrected chi connectivity index (χ4v) is 2.11. The van der Waals surface area contributed by atoms with Gasteiger partial charge in [-0.1, -0.05) is 48.9 Å². The molecule has 2 nitrogen and oxygen atoms in total. The molecule has 0 bridgehead atoms. The van der Waals surface area contributed by atoms with E-state index in [2.05, 4.69) is 29.4 Å². The number of nitrogens with one attached hydrogen (secondary N) is 1. The Morgan fingerprint density at radius 3 is 2.65 bits per heavy atom. The average molecular weight is 247 g/mol. The molecule has 1 heterocycles. The molecule has 0 radical (unpaired) electrons. The molecular weight excluding hydrogens is 232 g/mol. The van der Waals surface area contributed by atoms with Crippen molar-refractivity contribution in [2.24, 2.45) is 0 Å². The molecule has 0 fully saturated rings. The Bertz CT molecular complexity index is 471. The molecule has 2 rings (SSSR count). The molecule has 0 saturated carbocycles. The van der Waals surface area contributed by atoms with Crippen molar-refractivity contribution >= 4 is 11.6 Å². The zero-order valence-corrected chi connectivity index (χ0v) is 10.5. The Balaban J connectivity index is 2.39. The van der Waals surface area contributed by atoms with Crippen molar-refractivity contribution < 1.29 is 0 Å². The van der Waals surface area contributed by atoms with Crippen LogP contribution < -0.4 is 5.32 Å². The van der Waals surface area contributed by atoms with Gasteiger partial charge in [-0.25, -0.2) is 0 Å². The summed E-state index contributed by atoms with van der Waals surface area (Å²) in [4.78, 5) is 4.02. The van der Waals surface area contributed by atoms with E-state index in [1.807, 2.05) is 24.3 Å². The minimum absolute atomic E-state index is 0.122. The van der Waals surface area contributed by atoms with E-state index in [1.165, 1.54) is 5.56 Å². The van der Waals surface area contributed by atoms with E-state index in [4.69, 9.17) is 11.6 Å². The first-order valence-electron chi connectivity index (χ1n) is 5.70. The largest absolute Gasteiger partial charge is 0.306 e. The SMILES string of the molecule is CCNC(c1ccccc1)c1ccncc1Cl. The second kappa shape index (κ2) is 5.80. The van der Waals surface area contributed by atoms with Crippen molar-refractivity contribution in [2.45, 2.75) is 13.0 Å². The highest BCUT2D eigenvalue weighted by Gasteiger charge is 2.15. The molecule has 3 heteroatoms. The zero-order valence-electron chi connectivity index (χ0n) is 9.73. The lowest BCUT2D eigenvalue weighted by molar-refractivity contribution is 0.630. The first-order valence-corrected chi connectivity index (χ1v) is 6.08. The van der Waals surface area contributed by atoms with E-state index in [0.29, 0.717) is 5.02 Å². The number of benzene rings is 1. The van der Waals surface area contributed by atoms with Crippen LogP contribution in [0.3, 0.4) is 0 Å². The van der Waals surface area contributed by atoms with E-state index in [1.54, 1.807) is 12.4 Å². The summed E-state index contributed by atoms with van der Waals surface area (Å²) in [5.41, 5.74) is 2.28. The highest BCUT2D eigenvalue weighted by molar-refractivity contribution is 6.31. The van der Waals surface area contributed by atoms with Gasteiger partial charge in [0.1, 0.15) is 0 Å². The first kappa shape index (κ1) is 12.1. The standard InChI is InChI=1S/C14H15ClN2/c1-2-17-14(11-6-4-3-5-7-11)12-8-9-16-10-13(12)15/h3-10,14,17H,2H2,1H3. The maximum Gasteiger partial charge on any atom is 0.0640 e. The van der Waals surface area contributed by atoms with Crippen molar-refractivity contribution in [3.05, 3.63) is 64.9 Å². The minimum atomic E-state index is 0.122. The van der Waals surface area contributed by atoms with Crippen LogP contribution in [0.4, 0.5) is 0 Å². The highest BCUT2D eigenvalue weighted by atomic mass is 35.5. The Morgan fingerprint density at radius 1 is 1.24 bits per heavy atom. The predicted octanol–water partition coefficient (Wildman–Crippen LogP) is 3.43. The van der Waals surface area contributed by atoms with E-state index < -0.39 is 0 Å². The molecule has 1 unspecified atom stereocenters. The van der Waals surface area contributed by atoms with Crippen LogP contribution in [0, 0.1) is 0 Å². The number of aromatic nitrogens is 1. The van der Waals surface area contributed by atoms with Crippen LogP contribution in [-0.4, -0.2) is 11.5 Å². The lowest BCUT2D eigenvalue weighted by atomic mass is 10.00. The molecule has 0 aliphatic rings. The van der Waals surface area contributed by atoms with Crippen molar-refractivity contribution in [3.63, 3.8) is 0 Å². The zero-order chi connectivity index (χ0) is 12.1. The molecule has 0 saturated heterocycles. The van der Waals surface area contributed by atoms with Gasteiger partial charge >= 0.3 is 0 Å². The third-order valence-corrected chi connectivity index (χ3v) is 2.97. The smallest absolute Gasteiger partial charge is 0.0640 e. The highest BCUT2D eigenvalue weighted by Crippen LogP contribution is 2.27. The van der Waals surface area contributed by atoms with Gasteiger partial charge in [0.05, 0.1) is 11.1 Å². The van der Waals surface area contributed by atoms with E-state index >= 15 is 0 Å². The molecular formula is C14H15ClN2. The molecule has 0 aliphatic heterocycles. The Hall–Kier alpha value is -1.38. The van der Waals surface area contributed by atoms with Crippen molar-refractivity contribution in [2.75, 3.05) is 6.54 Å².